The molecule has 1 aliphatic heterocycles. The van der Waals surface area contributed by atoms with Crippen LogP contribution in [0, 0.1) is 20.8 Å². The molecule has 2 unspecified atom stereocenters. The summed E-state index contributed by atoms with van der Waals surface area (Å²) >= 11 is 0. The van der Waals surface area contributed by atoms with E-state index in [9.17, 15) is 14.1 Å². The smallest absolute Gasteiger partial charge is 0.347 e. The minimum absolute atomic E-state index is 0.236. The maximum Gasteiger partial charge on any atom is 0.347 e. The molecule has 3 rings (SSSR count). The van der Waals surface area contributed by atoms with Crippen molar-refractivity contribution < 1.29 is 18.8 Å². The van der Waals surface area contributed by atoms with Crippen LogP contribution in [0.4, 0.5) is 5.69 Å². The lowest BCUT2D eigenvalue weighted by Gasteiger charge is -2.40. The zero-order valence-corrected chi connectivity index (χ0v) is 20.0. The highest BCUT2D eigenvalue weighted by Gasteiger charge is 2.31. The zero-order valence-electron chi connectivity index (χ0n) is 19.1. The number of hydrogen-bond donors (Lipinski definition) is 1. The SMILES string of the molecule is Cc1ccc(N2CCN(S(=O)c3ccc(OC(C)(C)C(=O)O)c(C)c3)CC2C)cc1C. The number of hydrogen-bond acceptors (Lipinski definition) is 4. The van der Waals surface area contributed by atoms with Gasteiger partial charge in [-0.2, -0.15) is 0 Å². The van der Waals surface area contributed by atoms with Crippen LogP contribution in [0.2, 0.25) is 0 Å². The topological polar surface area (TPSA) is 70.1 Å². The minimum Gasteiger partial charge on any atom is -0.478 e. The molecular weight excluding hydrogens is 412 g/mol. The van der Waals surface area contributed by atoms with Crippen LogP contribution in [0.3, 0.4) is 0 Å². The molecule has 1 saturated heterocycles. The Morgan fingerprint density at radius 1 is 1.06 bits per heavy atom. The van der Waals surface area contributed by atoms with E-state index in [0.717, 1.165) is 12.1 Å². The number of nitrogens with zero attached hydrogens (tertiary/aromatic N) is 2. The first kappa shape index (κ1) is 23.3. The number of carboxylic acid groups (broad SMARTS) is 1. The summed E-state index contributed by atoms with van der Waals surface area (Å²) in [7, 11) is -1.29. The molecule has 1 N–H and O–H groups in total. The summed E-state index contributed by atoms with van der Waals surface area (Å²) in [6.07, 6.45) is 0. The number of aliphatic carboxylic acids is 1. The van der Waals surface area contributed by atoms with Crippen LogP contribution in [0.15, 0.2) is 41.3 Å². The van der Waals surface area contributed by atoms with Gasteiger partial charge >= 0.3 is 5.97 Å². The molecular formula is C24H32N2O4S. The third-order valence-electron chi connectivity index (χ3n) is 5.88. The molecule has 1 heterocycles. The fraction of sp³-hybridized carbons (Fsp3) is 0.458. The number of ether oxygens (including phenoxy) is 1. The van der Waals surface area contributed by atoms with Crippen molar-refractivity contribution in [3.8, 4) is 5.75 Å². The van der Waals surface area contributed by atoms with Gasteiger partial charge in [-0.1, -0.05) is 6.07 Å². The van der Waals surface area contributed by atoms with E-state index in [0.29, 0.717) is 23.7 Å². The average molecular weight is 445 g/mol. The summed E-state index contributed by atoms with van der Waals surface area (Å²) in [6, 6.07) is 12.1. The van der Waals surface area contributed by atoms with Crippen molar-refractivity contribution in [2.24, 2.45) is 0 Å². The van der Waals surface area contributed by atoms with E-state index < -0.39 is 22.6 Å². The van der Waals surface area contributed by atoms with Crippen LogP contribution >= 0.6 is 0 Å². The molecule has 0 spiro atoms. The number of carboxylic acids is 1. The lowest BCUT2D eigenvalue weighted by Crippen LogP contribution is -2.52. The van der Waals surface area contributed by atoms with Crippen molar-refractivity contribution in [2.75, 3.05) is 24.5 Å². The standard InChI is InChI=1S/C24H32N2O4S/c1-16-7-8-20(13-17(16)2)26-12-11-25(15-19(26)4)31(29)21-9-10-22(18(3)14-21)30-24(5,6)23(27)28/h7-10,13-14,19H,11-12,15H2,1-6H3,(H,27,28). The van der Waals surface area contributed by atoms with Gasteiger partial charge in [-0.15, -0.1) is 0 Å². The van der Waals surface area contributed by atoms with Gasteiger partial charge in [-0.3, -0.25) is 0 Å². The summed E-state index contributed by atoms with van der Waals surface area (Å²) in [5.41, 5.74) is 3.21. The number of carbonyl (C=O) groups is 1. The molecule has 2 aromatic carbocycles. The maximum atomic E-state index is 13.2. The Morgan fingerprint density at radius 3 is 2.35 bits per heavy atom. The van der Waals surface area contributed by atoms with Crippen molar-refractivity contribution in [1.82, 2.24) is 4.31 Å². The molecule has 31 heavy (non-hydrogen) atoms. The second kappa shape index (κ2) is 9.01. The van der Waals surface area contributed by atoms with E-state index in [2.05, 4.69) is 43.9 Å². The number of rotatable bonds is 6. The largest absolute Gasteiger partial charge is 0.478 e. The van der Waals surface area contributed by atoms with Crippen molar-refractivity contribution in [3.63, 3.8) is 0 Å². The van der Waals surface area contributed by atoms with Crippen LogP contribution < -0.4 is 9.64 Å². The predicted octanol–water partition coefficient (Wildman–Crippen LogP) is 4.09. The van der Waals surface area contributed by atoms with Crippen LogP contribution in [-0.4, -0.2) is 50.9 Å². The second-order valence-corrected chi connectivity index (χ2v) is 10.3. The highest BCUT2D eigenvalue weighted by molar-refractivity contribution is 7.82. The third kappa shape index (κ3) is 5.10. The minimum atomic E-state index is -1.33. The number of piperazine rings is 1. The van der Waals surface area contributed by atoms with Gasteiger partial charge in [0.05, 0.1) is 4.90 Å². The van der Waals surface area contributed by atoms with Gasteiger partial charge in [0.2, 0.25) is 0 Å². The molecule has 0 aromatic heterocycles. The molecule has 0 amide bonds. The first-order valence-corrected chi connectivity index (χ1v) is 11.6. The predicted molar refractivity (Wildman–Crippen MR) is 124 cm³/mol. The summed E-state index contributed by atoms with van der Waals surface area (Å²) < 4.78 is 20.9. The first-order chi connectivity index (χ1) is 14.5. The first-order valence-electron chi connectivity index (χ1n) is 10.5. The van der Waals surface area contributed by atoms with Gasteiger partial charge in [-0.25, -0.2) is 13.3 Å². The highest BCUT2D eigenvalue weighted by Crippen LogP contribution is 2.28. The Hall–Kier alpha value is -2.38. The fourth-order valence-corrected chi connectivity index (χ4v) is 5.03. The molecule has 0 radical (unpaired) electrons. The van der Waals surface area contributed by atoms with Crippen LogP contribution in [0.5, 0.6) is 5.75 Å². The maximum absolute atomic E-state index is 13.2. The molecule has 6 nitrogen and oxygen atoms in total. The number of anilines is 1. The van der Waals surface area contributed by atoms with Gasteiger partial charge in [-0.05, 0) is 88.6 Å². The Kier molecular flexibility index (Phi) is 6.76. The molecule has 0 bridgehead atoms. The molecule has 2 aromatic rings. The number of aryl methyl sites for hydroxylation is 3. The summed E-state index contributed by atoms with van der Waals surface area (Å²) in [5, 5.41) is 9.28. The van der Waals surface area contributed by atoms with Crippen molar-refractivity contribution in [3.05, 3.63) is 53.1 Å². The second-order valence-electron chi connectivity index (χ2n) is 8.79. The quantitative estimate of drug-likeness (QED) is 0.727. The van der Waals surface area contributed by atoms with E-state index in [1.807, 2.05) is 17.3 Å². The molecule has 2 atom stereocenters. The summed E-state index contributed by atoms with van der Waals surface area (Å²) in [6.45, 7) is 13.5. The Bertz CT molecular complexity index is 1010. The van der Waals surface area contributed by atoms with Crippen LogP contribution in [0.1, 0.15) is 37.5 Å². The molecule has 1 aliphatic rings. The zero-order chi connectivity index (χ0) is 22.9. The van der Waals surface area contributed by atoms with E-state index in [1.165, 1.54) is 30.7 Å². The van der Waals surface area contributed by atoms with E-state index in [-0.39, 0.29) is 6.04 Å². The average Bonchev–Trinajstić information content (AvgIpc) is 2.71. The van der Waals surface area contributed by atoms with Crippen LogP contribution in [-0.2, 0) is 15.8 Å². The molecule has 7 heteroatoms. The van der Waals surface area contributed by atoms with Gasteiger partial charge in [0.15, 0.2) is 5.60 Å². The number of benzene rings is 2. The van der Waals surface area contributed by atoms with E-state index in [1.54, 1.807) is 12.1 Å². The molecule has 0 saturated carbocycles. The summed E-state index contributed by atoms with van der Waals surface area (Å²) in [4.78, 5) is 14.4. The Balaban J connectivity index is 1.70. The van der Waals surface area contributed by atoms with E-state index >= 15 is 0 Å². The lowest BCUT2D eigenvalue weighted by molar-refractivity contribution is -0.152. The normalized spacial score (nSPS) is 18.6. The van der Waals surface area contributed by atoms with Crippen molar-refractivity contribution in [1.29, 1.82) is 0 Å². The van der Waals surface area contributed by atoms with E-state index in [4.69, 9.17) is 4.74 Å². The fourth-order valence-electron chi connectivity index (χ4n) is 3.68. The molecule has 168 valence electrons. The Labute approximate surface area is 187 Å². The molecule has 0 aliphatic carbocycles. The van der Waals surface area contributed by atoms with Crippen molar-refractivity contribution >= 4 is 22.6 Å². The van der Waals surface area contributed by atoms with Gasteiger partial charge in [0.25, 0.3) is 0 Å². The monoisotopic (exact) mass is 444 g/mol. The van der Waals surface area contributed by atoms with Gasteiger partial charge in [0.1, 0.15) is 16.7 Å². The summed E-state index contributed by atoms with van der Waals surface area (Å²) in [5.74, 6) is -0.545. The van der Waals surface area contributed by atoms with Crippen molar-refractivity contribution in [2.45, 2.75) is 58.1 Å². The lowest BCUT2D eigenvalue weighted by atomic mass is 10.1. The Morgan fingerprint density at radius 2 is 1.77 bits per heavy atom. The van der Waals surface area contributed by atoms with Crippen LogP contribution in [0.25, 0.3) is 0 Å². The highest BCUT2D eigenvalue weighted by atomic mass is 32.2. The molecule has 1 fully saturated rings. The van der Waals surface area contributed by atoms with Gasteiger partial charge in [0, 0.05) is 31.4 Å². The third-order valence-corrected chi connectivity index (χ3v) is 7.33. The van der Waals surface area contributed by atoms with Gasteiger partial charge < -0.3 is 14.7 Å².